The van der Waals surface area contributed by atoms with Crippen LogP contribution >= 0.6 is 23.6 Å². The Hall–Kier alpha value is -2.71. The molecule has 1 aliphatic carbocycles. The van der Waals surface area contributed by atoms with Crippen LogP contribution in [0, 0.1) is 16.8 Å². The third-order valence-electron chi connectivity index (χ3n) is 6.44. The van der Waals surface area contributed by atoms with Crippen molar-refractivity contribution in [3.63, 3.8) is 0 Å². The molecule has 0 amide bonds. The first-order chi connectivity index (χ1) is 15.8. The van der Waals surface area contributed by atoms with Crippen LogP contribution in [0.4, 0.5) is 0 Å². The molecular weight excluding hydrogens is 456 g/mol. The predicted molar refractivity (Wildman–Crippen MR) is 133 cm³/mol. The largest absolute Gasteiger partial charge is 0.493 e. The summed E-state index contributed by atoms with van der Waals surface area (Å²) in [4.78, 5) is 27.3. The van der Waals surface area contributed by atoms with E-state index in [2.05, 4.69) is 17.9 Å². The summed E-state index contributed by atoms with van der Waals surface area (Å²) in [6.45, 7) is 6.36. The number of likely N-dealkylation sites (tertiary alicyclic amines) is 1. The second kappa shape index (κ2) is 9.65. The fourth-order valence-corrected chi connectivity index (χ4v) is 5.72. The zero-order valence-corrected chi connectivity index (χ0v) is 20.5. The van der Waals surface area contributed by atoms with E-state index >= 15 is 0 Å². The molecule has 2 heterocycles. The first-order valence-corrected chi connectivity index (χ1v) is 12.5. The minimum Gasteiger partial charge on any atom is -0.493 e. The zero-order chi connectivity index (χ0) is 23.7. The Morgan fingerprint density at radius 3 is 2.73 bits per heavy atom. The molecule has 0 spiro atoms. The molecule has 2 N–H and O–H groups in total. The number of benzene rings is 1. The highest BCUT2D eigenvalue weighted by molar-refractivity contribution is 7.73. The third-order valence-corrected chi connectivity index (χ3v) is 7.82. The molecule has 0 unspecified atom stereocenters. The third kappa shape index (κ3) is 4.82. The molecule has 2 aromatic rings. The SMILES string of the molecule is Cc1cccc2c1C=C(N1CCC(C)CC1)C(=Cc1sc(=S)n(CCCC(=O)O)c1O)C2=O. The van der Waals surface area contributed by atoms with Crippen molar-refractivity contribution in [1.82, 2.24) is 9.47 Å². The number of carboxylic acid groups (broad SMARTS) is 1. The van der Waals surface area contributed by atoms with Crippen molar-refractivity contribution in [3.05, 3.63) is 55.0 Å². The molecule has 1 saturated heterocycles. The Kier molecular flexibility index (Phi) is 6.86. The van der Waals surface area contributed by atoms with Crippen LogP contribution in [0.25, 0.3) is 12.2 Å². The highest BCUT2D eigenvalue weighted by Gasteiger charge is 2.30. The number of aromatic hydroxyl groups is 1. The maximum absolute atomic E-state index is 13.6. The number of ketones is 1. The van der Waals surface area contributed by atoms with Crippen LogP contribution < -0.4 is 0 Å². The smallest absolute Gasteiger partial charge is 0.303 e. The lowest BCUT2D eigenvalue weighted by Crippen LogP contribution is -2.35. The van der Waals surface area contributed by atoms with Crippen LogP contribution in [-0.2, 0) is 11.3 Å². The van der Waals surface area contributed by atoms with Crippen LogP contribution in [0.3, 0.4) is 0 Å². The number of hydrogen-bond acceptors (Lipinski definition) is 6. The molecule has 0 bridgehead atoms. The van der Waals surface area contributed by atoms with Gasteiger partial charge in [0, 0.05) is 42.9 Å². The maximum Gasteiger partial charge on any atom is 0.303 e. The van der Waals surface area contributed by atoms with Crippen LogP contribution in [0.1, 0.15) is 59.0 Å². The van der Waals surface area contributed by atoms with E-state index in [0.717, 1.165) is 42.8 Å². The van der Waals surface area contributed by atoms with Crippen molar-refractivity contribution < 1.29 is 19.8 Å². The van der Waals surface area contributed by atoms with E-state index in [1.807, 2.05) is 25.1 Å². The Bertz CT molecular complexity index is 1210. The molecule has 174 valence electrons. The van der Waals surface area contributed by atoms with Crippen LogP contribution in [0.2, 0.25) is 0 Å². The number of nitrogens with zero attached hydrogens (tertiary/aromatic N) is 2. The number of fused-ring (bicyclic) bond motifs is 1. The number of carboxylic acids is 1. The molecule has 6 nitrogen and oxygen atoms in total. The number of allylic oxidation sites excluding steroid dienone is 1. The second-order valence-corrected chi connectivity index (χ2v) is 10.5. The van der Waals surface area contributed by atoms with Gasteiger partial charge in [-0.1, -0.05) is 25.1 Å². The summed E-state index contributed by atoms with van der Waals surface area (Å²) in [5.74, 6) is -0.291. The lowest BCUT2D eigenvalue weighted by Gasteiger charge is -2.36. The lowest BCUT2D eigenvalue weighted by molar-refractivity contribution is -0.137. The fraction of sp³-hybridized carbons (Fsp3) is 0.400. The first kappa shape index (κ1) is 23.4. The number of thiazole rings is 1. The van der Waals surface area contributed by atoms with Gasteiger partial charge in [0.15, 0.2) is 9.74 Å². The molecule has 33 heavy (non-hydrogen) atoms. The van der Waals surface area contributed by atoms with Crippen molar-refractivity contribution in [2.75, 3.05) is 13.1 Å². The highest BCUT2D eigenvalue weighted by atomic mass is 32.1. The predicted octanol–water partition coefficient (Wildman–Crippen LogP) is 5.51. The molecule has 8 heteroatoms. The summed E-state index contributed by atoms with van der Waals surface area (Å²) in [7, 11) is 0. The number of aliphatic carboxylic acids is 1. The minimum atomic E-state index is -0.883. The summed E-state index contributed by atoms with van der Waals surface area (Å²) in [6.07, 6.45) is 6.37. The molecule has 0 saturated carbocycles. The Morgan fingerprint density at radius 2 is 2.03 bits per heavy atom. The van der Waals surface area contributed by atoms with Crippen molar-refractivity contribution in [2.24, 2.45) is 5.92 Å². The van der Waals surface area contributed by atoms with Gasteiger partial charge in [0.1, 0.15) is 0 Å². The average molecular weight is 485 g/mol. The molecular formula is C25H28N2O4S2. The number of aryl methyl sites for hydroxylation is 1. The van der Waals surface area contributed by atoms with Gasteiger partial charge >= 0.3 is 5.97 Å². The zero-order valence-electron chi connectivity index (χ0n) is 18.8. The van der Waals surface area contributed by atoms with E-state index in [1.54, 1.807) is 10.6 Å². The molecule has 1 aliphatic heterocycles. The maximum atomic E-state index is 13.6. The molecule has 0 atom stereocenters. The first-order valence-electron chi connectivity index (χ1n) is 11.2. The molecule has 0 radical (unpaired) electrons. The van der Waals surface area contributed by atoms with E-state index in [-0.39, 0.29) is 18.1 Å². The van der Waals surface area contributed by atoms with Gasteiger partial charge < -0.3 is 15.1 Å². The molecule has 4 rings (SSSR count). The van der Waals surface area contributed by atoms with E-state index in [1.165, 1.54) is 11.3 Å². The summed E-state index contributed by atoms with van der Waals surface area (Å²) in [5.41, 5.74) is 4.14. The Morgan fingerprint density at radius 1 is 1.30 bits per heavy atom. The van der Waals surface area contributed by atoms with E-state index in [0.29, 0.717) is 38.9 Å². The van der Waals surface area contributed by atoms with Crippen LogP contribution in [0.5, 0.6) is 5.88 Å². The van der Waals surface area contributed by atoms with E-state index < -0.39 is 5.97 Å². The van der Waals surface area contributed by atoms with Gasteiger partial charge in [0.05, 0.1) is 4.88 Å². The van der Waals surface area contributed by atoms with Crippen molar-refractivity contribution in [3.8, 4) is 5.88 Å². The number of hydrogen-bond donors (Lipinski definition) is 2. The second-order valence-electron chi connectivity index (χ2n) is 8.83. The van der Waals surface area contributed by atoms with Gasteiger partial charge in [-0.15, -0.1) is 11.3 Å². The Balaban J connectivity index is 1.76. The molecule has 1 fully saturated rings. The average Bonchev–Trinajstić information content (AvgIpc) is 3.04. The van der Waals surface area contributed by atoms with Gasteiger partial charge in [-0.3, -0.25) is 14.2 Å². The number of piperidine rings is 1. The number of rotatable bonds is 6. The molecule has 2 aliphatic rings. The lowest BCUT2D eigenvalue weighted by atomic mass is 9.86. The molecule has 1 aromatic carbocycles. The summed E-state index contributed by atoms with van der Waals surface area (Å²) in [6, 6.07) is 5.76. The van der Waals surface area contributed by atoms with E-state index in [4.69, 9.17) is 17.3 Å². The monoisotopic (exact) mass is 484 g/mol. The topological polar surface area (TPSA) is 82.8 Å². The highest BCUT2D eigenvalue weighted by Crippen LogP contribution is 2.37. The standard InChI is InChI=1S/C25H28N2O4S2/c1-15-8-11-26(12-9-15)20-13-18-16(2)5-3-6-17(18)23(30)19(20)14-21-24(31)27(25(32)33-21)10-4-7-22(28)29/h3,5-6,13-15,31H,4,7-12H2,1-2H3,(H,28,29). The van der Waals surface area contributed by atoms with Crippen molar-refractivity contribution >= 4 is 47.5 Å². The van der Waals surface area contributed by atoms with Crippen LogP contribution in [-0.4, -0.2) is 44.5 Å². The summed E-state index contributed by atoms with van der Waals surface area (Å²) in [5, 5.41) is 19.7. The van der Waals surface area contributed by atoms with Crippen LogP contribution in [0.15, 0.2) is 29.5 Å². The van der Waals surface area contributed by atoms with Gasteiger partial charge in [0.25, 0.3) is 0 Å². The van der Waals surface area contributed by atoms with E-state index in [9.17, 15) is 14.7 Å². The summed E-state index contributed by atoms with van der Waals surface area (Å²) < 4.78 is 2.01. The van der Waals surface area contributed by atoms with Gasteiger partial charge in [-0.2, -0.15) is 0 Å². The molecule has 1 aromatic heterocycles. The Labute approximate surface area is 202 Å². The summed E-state index contributed by atoms with van der Waals surface area (Å²) >= 11 is 6.65. The fourth-order valence-electron chi connectivity index (χ4n) is 4.42. The number of carbonyl (C=O) groups is 2. The van der Waals surface area contributed by atoms with Gasteiger partial charge in [0.2, 0.25) is 5.88 Å². The number of carbonyl (C=O) groups excluding carboxylic acids is 1. The van der Waals surface area contributed by atoms with Crippen molar-refractivity contribution in [2.45, 2.75) is 46.1 Å². The van der Waals surface area contributed by atoms with Gasteiger partial charge in [-0.25, -0.2) is 0 Å². The number of Topliss-reactive ketones (excluding diaryl/α,β-unsaturated/α-hetero) is 1. The van der Waals surface area contributed by atoms with Crippen molar-refractivity contribution in [1.29, 1.82) is 0 Å². The quantitative estimate of drug-likeness (QED) is 0.416. The normalized spacial score (nSPS) is 17.9. The number of aromatic nitrogens is 1. The minimum absolute atomic E-state index is 0.00235. The van der Waals surface area contributed by atoms with Gasteiger partial charge in [-0.05, 0) is 67.6 Å².